The number of amides is 2. The molecule has 6 heteroatoms. The van der Waals surface area contributed by atoms with E-state index >= 15 is 0 Å². The average molecular weight is 313 g/mol. The molecule has 0 radical (unpaired) electrons. The lowest BCUT2D eigenvalue weighted by atomic mass is 9.97. The number of hydrogen-bond acceptors (Lipinski definition) is 4. The predicted octanol–water partition coefficient (Wildman–Crippen LogP) is 1.84. The number of likely N-dealkylation sites (tertiary alicyclic amines) is 1. The predicted molar refractivity (Wildman–Crippen MR) is 83.4 cm³/mol. The van der Waals surface area contributed by atoms with Crippen LogP contribution in [-0.2, 0) is 11.3 Å². The molecule has 0 bridgehead atoms. The quantitative estimate of drug-likeness (QED) is 0.934. The molecule has 1 N–H and O–H groups in total. The van der Waals surface area contributed by atoms with Crippen LogP contribution in [0.3, 0.4) is 0 Å². The van der Waals surface area contributed by atoms with Crippen LogP contribution in [-0.4, -0.2) is 34.8 Å². The summed E-state index contributed by atoms with van der Waals surface area (Å²) in [7, 11) is 0. The minimum absolute atomic E-state index is 0.0346. The first-order valence-corrected chi connectivity index (χ1v) is 7.74. The average Bonchev–Trinajstić information content (AvgIpc) is 3.14. The van der Waals surface area contributed by atoms with E-state index < -0.39 is 0 Å². The topological polar surface area (TPSA) is 75.4 Å². The van der Waals surface area contributed by atoms with E-state index in [1.54, 1.807) is 23.2 Å². The molecular weight excluding hydrogens is 294 g/mol. The Morgan fingerprint density at radius 1 is 1.30 bits per heavy atom. The molecule has 2 aromatic heterocycles. The van der Waals surface area contributed by atoms with E-state index in [0.717, 1.165) is 18.5 Å². The molecule has 0 unspecified atom stereocenters. The first kappa shape index (κ1) is 15.3. The van der Waals surface area contributed by atoms with Crippen molar-refractivity contribution in [2.45, 2.75) is 19.4 Å². The van der Waals surface area contributed by atoms with Gasteiger partial charge in [-0.2, -0.15) is 0 Å². The maximum atomic E-state index is 12.3. The summed E-state index contributed by atoms with van der Waals surface area (Å²) in [5.74, 6) is -0.0595. The van der Waals surface area contributed by atoms with Gasteiger partial charge in [0, 0.05) is 19.3 Å². The van der Waals surface area contributed by atoms with Gasteiger partial charge >= 0.3 is 0 Å². The van der Waals surface area contributed by atoms with Crippen molar-refractivity contribution in [3.05, 3.63) is 54.2 Å². The smallest absolute Gasteiger partial charge is 0.289 e. The summed E-state index contributed by atoms with van der Waals surface area (Å²) in [6.07, 6.45) is 4.78. The van der Waals surface area contributed by atoms with E-state index in [4.69, 9.17) is 4.42 Å². The number of nitrogens with zero attached hydrogens (tertiary/aromatic N) is 2. The second-order valence-electron chi connectivity index (χ2n) is 5.61. The number of hydrogen-bond donors (Lipinski definition) is 1. The molecular formula is C17H19N3O3. The monoisotopic (exact) mass is 313 g/mol. The van der Waals surface area contributed by atoms with Gasteiger partial charge in [0.2, 0.25) is 5.91 Å². The van der Waals surface area contributed by atoms with Crippen molar-refractivity contribution in [2.75, 3.05) is 13.1 Å². The van der Waals surface area contributed by atoms with E-state index in [1.807, 2.05) is 18.2 Å². The molecule has 1 atom stereocenters. The third-order valence-corrected chi connectivity index (χ3v) is 3.98. The van der Waals surface area contributed by atoms with Crippen molar-refractivity contribution in [1.29, 1.82) is 0 Å². The lowest BCUT2D eigenvalue weighted by Gasteiger charge is -2.31. The molecule has 1 saturated heterocycles. The Bertz CT molecular complexity index is 655. The van der Waals surface area contributed by atoms with Crippen molar-refractivity contribution in [1.82, 2.24) is 15.2 Å². The molecule has 3 rings (SSSR count). The van der Waals surface area contributed by atoms with E-state index in [9.17, 15) is 9.59 Å². The Hall–Kier alpha value is -2.63. The highest BCUT2D eigenvalue weighted by atomic mass is 16.3. The van der Waals surface area contributed by atoms with Gasteiger partial charge in [0.05, 0.1) is 24.4 Å². The van der Waals surface area contributed by atoms with Crippen LogP contribution in [0.1, 0.15) is 29.1 Å². The van der Waals surface area contributed by atoms with Gasteiger partial charge in [0.15, 0.2) is 5.76 Å². The van der Waals surface area contributed by atoms with E-state index in [2.05, 4.69) is 10.3 Å². The molecule has 1 aliphatic heterocycles. The number of aromatic nitrogens is 1. The van der Waals surface area contributed by atoms with E-state index in [0.29, 0.717) is 25.4 Å². The third kappa shape index (κ3) is 3.77. The summed E-state index contributed by atoms with van der Waals surface area (Å²) >= 11 is 0. The maximum Gasteiger partial charge on any atom is 0.289 e. The van der Waals surface area contributed by atoms with Crippen LogP contribution >= 0.6 is 0 Å². The van der Waals surface area contributed by atoms with E-state index in [1.165, 1.54) is 6.26 Å². The molecule has 3 heterocycles. The lowest BCUT2D eigenvalue weighted by molar-refractivity contribution is -0.126. The van der Waals surface area contributed by atoms with Gasteiger partial charge in [0.25, 0.3) is 5.91 Å². The van der Waals surface area contributed by atoms with Gasteiger partial charge < -0.3 is 14.6 Å². The SMILES string of the molecule is O=C(NCc1ccccn1)[C@H]1CCCN(C(=O)c2ccco2)C1. The zero-order valence-electron chi connectivity index (χ0n) is 12.8. The number of rotatable bonds is 4. The molecule has 0 spiro atoms. The van der Waals surface area contributed by atoms with Crippen molar-refractivity contribution in [3.63, 3.8) is 0 Å². The van der Waals surface area contributed by atoms with Gasteiger partial charge in [-0.05, 0) is 37.1 Å². The Morgan fingerprint density at radius 2 is 2.22 bits per heavy atom. The Labute approximate surface area is 134 Å². The first-order chi connectivity index (χ1) is 11.2. The van der Waals surface area contributed by atoms with Crippen LogP contribution in [0.2, 0.25) is 0 Å². The third-order valence-electron chi connectivity index (χ3n) is 3.98. The van der Waals surface area contributed by atoms with Crippen LogP contribution in [0.15, 0.2) is 47.2 Å². The molecule has 120 valence electrons. The normalized spacial score (nSPS) is 17.7. The summed E-state index contributed by atoms with van der Waals surface area (Å²) in [5, 5.41) is 2.90. The van der Waals surface area contributed by atoms with Gasteiger partial charge in [-0.25, -0.2) is 0 Å². The van der Waals surface area contributed by atoms with Crippen LogP contribution in [0.5, 0.6) is 0 Å². The first-order valence-electron chi connectivity index (χ1n) is 7.74. The van der Waals surface area contributed by atoms with Gasteiger partial charge in [-0.15, -0.1) is 0 Å². The highest BCUT2D eigenvalue weighted by molar-refractivity contribution is 5.92. The standard InChI is InChI=1S/C17H19N3O3/c21-16(19-11-14-6-1-2-8-18-14)13-5-3-9-20(12-13)17(22)15-7-4-10-23-15/h1-2,4,6-8,10,13H,3,5,9,11-12H2,(H,19,21)/t13-/m0/s1. The highest BCUT2D eigenvalue weighted by Gasteiger charge is 2.29. The van der Waals surface area contributed by atoms with Crippen molar-refractivity contribution < 1.29 is 14.0 Å². The van der Waals surface area contributed by atoms with Crippen LogP contribution in [0.25, 0.3) is 0 Å². The van der Waals surface area contributed by atoms with Gasteiger partial charge in [0.1, 0.15) is 0 Å². The summed E-state index contributed by atoms with van der Waals surface area (Å²) in [5.41, 5.74) is 0.820. The minimum atomic E-state index is -0.189. The van der Waals surface area contributed by atoms with Crippen molar-refractivity contribution in [3.8, 4) is 0 Å². The molecule has 1 fully saturated rings. The van der Waals surface area contributed by atoms with Gasteiger partial charge in [-0.1, -0.05) is 6.07 Å². The highest BCUT2D eigenvalue weighted by Crippen LogP contribution is 2.19. The molecule has 0 saturated carbocycles. The Kier molecular flexibility index (Phi) is 4.71. The molecule has 2 aromatic rings. The number of nitrogens with one attached hydrogen (secondary N) is 1. The van der Waals surface area contributed by atoms with Crippen molar-refractivity contribution >= 4 is 11.8 Å². The summed E-state index contributed by atoms with van der Waals surface area (Å²) in [4.78, 5) is 30.5. The summed E-state index contributed by atoms with van der Waals surface area (Å²) < 4.78 is 5.15. The number of pyridine rings is 1. The molecule has 0 aromatic carbocycles. The number of carbonyl (C=O) groups is 2. The molecule has 0 aliphatic carbocycles. The summed E-state index contributed by atoms with van der Waals surface area (Å²) in [6, 6.07) is 8.93. The second kappa shape index (κ2) is 7.09. The summed E-state index contributed by atoms with van der Waals surface area (Å²) in [6.45, 7) is 1.49. The molecule has 6 nitrogen and oxygen atoms in total. The fraction of sp³-hybridized carbons (Fsp3) is 0.353. The minimum Gasteiger partial charge on any atom is -0.459 e. The van der Waals surface area contributed by atoms with Crippen molar-refractivity contribution in [2.24, 2.45) is 5.92 Å². The molecule has 1 aliphatic rings. The van der Waals surface area contributed by atoms with E-state index in [-0.39, 0.29) is 17.7 Å². The Balaban J connectivity index is 1.55. The number of furan rings is 1. The largest absolute Gasteiger partial charge is 0.459 e. The van der Waals surface area contributed by atoms with Crippen LogP contribution in [0, 0.1) is 5.92 Å². The maximum absolute atomic E-state index is 12.3. The lowest BCUT2D eigenvalue weighted by Crippen LogP contribution is -2.45. The van der Waals surface area contributed by atoms with Crippen LogP contribution < -0.4 is 5.32 Å². The fourth-order valence-corrected chi connectivity index (χ4v) is 2.76. The Morgan fingerprint density at radius 3 is 2.96 bits per heavy atom. The molecule has 23 heavy (non-hydrogen) atoms. The molecule has 2 amide bonds. The zero-order chi connectivity index (χ0) is 16.1. The second-order valence-corrected chi connectivity index (χ2v) is 5.61. The fourth-order valence-electron chi connectivity index (χ4n) is 2.76. The zero-order valence-corrected chi connectivity index (χ0v) is 12.8. The number of piperidine rings is 1. The van der Waals surface area contributed by atoms with Crippen LogP contribution in [0.4, 0.5) is 0 Å². The van der Waals surface area contributed by atoms with Gasteiger partial charge in [-0.3, -0.25) is 14.6 Å². The number of carbonyl (C=O) groups excluding carboxylic acids is 2.